The van der Waals surface area contributed by atoms with E-state index in [1.165, 1.54) is 12.8 Å². The zero-order valence-corrected chi connectivity index (χ0v) is 15.0. The molecule has 2 aromatic heterocycles. The van der Waals surface area contributed by atoms with Crippen molar-refractivity contribution in [2.45, 2.75) is 44.2 Å². The second kappa shape index (κ2) is 5.97. The largest absolute Gasteiger partial charge is 0.334 e. The van der Waals surface area contributed by atoms with Crippen molar-refractivity contribution in [3.8, 4) is 0 Å². The first-order valence-electron chi connectivity index (χ1n) is 9.44. The quantitative estimate of drug-likeness (QED) is 0.727. The number of nitrogens with zero attached hydrogens (tertiary/aromatic N) is 5. The van der Waals surface area contributed by atoms with Crippen LogP contribution in [-0.4, -0.2) is 36.7 Å². The van der Waals surface area contributed by atoms with E-state index in [1.807, 2.05) is 47.2 Å². The third-order valence-electron chi connectivity index (χ3n) is 5.60. The van der Waals surface area contributed by atoms with Crippen molar-refractivity contribution in [1.82, 2.24) is 24.2 Å². The molecule has 0 N–H and O–H groups in total. The van der Waals surface area contributed by atoms with Crippen LogP contribution in [0.4, 0.5) is 0 Å². The highest BCUT2D eigenvalue weighted by Crippen LogP contribution is 2.41. The molecular weight excluding hydrogens is 326 g/mol. The van der Waals surface area contributed by atoms with Crippen LogP contribution in [0.2, 0.25) is 0 Å². The number of para-hydroxylation sites is 2. The minimum absolute atomic E-state index is 0.148. The molecule has 6 nitrogen and oxygen atoms in total. The number of likely N-dealkylation sites (tertiary alicyclic amines) is 1. The lowest BCUT2D eigenvalue weighted by Gasteiger charge is -2.24. The number of amides is 1. The number of fused-ring (bicyclic) bond motifs is 1. The van der Waals surface area contributed by atoms with Crippen molar-refractivity contribution in [1.29, 1.82) is 0 Å². The number of hydrogen-bond donors (Lipinski definition) is 0. The molecule has 3 aromatic rings. The molecule has 1 amide bonds. The van der Waals surface area contributed by atoms with Gasteiger partial charge in [-0.3, -0.25) is 9.48 Å². The SMILES string of the molecule is Cn1cc(C2CCCN2C(=O)Cn2c(C3CC3)nc3ccccc32)cn1. The summed E-state index contributed by atoms with van der Waals surface area (Å²) in [5.41, 5.74) is 3.20. The van der Waals surface area contributed by atoms with Crippen LogP contribution in [-0.2, 0) is 18.4 Å². The minimum Gasteiger partial charge on any atom is -0.334 e. The molecule has 1 aliphatic carbocycles. The Morgan fingerprint density at radius 3 is 2.85 bits per heavy atom. The summed E-state index contributed by atoms with van der Waals surface area (Å²) in [5, 5.41) is 4.28. The Hall–Kier alpha value is -2.63. The number of carbonyl (C=O) groups excluding carboxylic acids is 1. The molecule has 2 fully saturated rings. The highest BCUT2D eigenvalue weighted by atomic mass is 16.2. The molecule has 1 atom stereocenters. The summed E-state index contributed by atoms with van der Waals surface area (Å²) in [6.07, 6.45) is 8.33. The van der Waals surface area contributed by atoms with Crippen LogP contribution in [0.25, 0.3) is 11.0 Å². The molecule has 0 bridgehead atoms. The van der Waals surface area contributed by atoms with E-state index >= 15 is 0 Å². The lowest BCUT2D eigenvalue weighted by Crippen LogP contribution is -2.33. The molecule has 2 aliphatic rings. The lowest BCUT2D eigenvalue weighted by atomic mass is 10.1. The molecule has 3 heterocycles. The van der Waals surface area contributed by atoms with E-state index in [4.69, 9.17) is 4.98 Å². The first kappa shape index (κ1) is 15.6. The summed E-state index contributed by atoms with van der Waals surface area (Å²) in [4.78, 5) is 20.0. The highest BCUT2D eigenvalue weighted by molar-refractivity contribution is 5.81. The van der Waals surface area contributed by atoms with Gasteiger partial charge in [0.25, 0.3) is 0 Å². The van der Waals surface area contributed by atoms with E-state index < -0.39 is 0 Å². The zero-order valence-electron chi connectivity index (χ0n) is 15.0. The number of aryl methyl sites for hydroxylation is 1. The average Bonchev–Trinajstić information content (AvgIpc) is 3.05. The second-order valence-corrected chi connectivity index (χ2v) is 7.51. The minimum atomic E-state index is 0.148. The molecular formula is C20H23N5O. The lowest BCUT2D eigenvalue weighted by molar-refractivity contribution is -0.132. The van der Waals surface area contributed by atoms with Crippen molar-refractivity contribution < 1.29 is 4.79 Å². The third kappa shape index (κ3) is 2.60. The van der Waals surface area contributed by atoms with Gasteiger partial charge in [0, 0.05) is 31.3 Å². The Morgan fingerprint density at radius 2 is 2.08 bits per heavy atom. The fraction of sp³-hybridized carbons (Fsp3) is 0.450. The van der Waals surface area contributed by atoms with E-state index in [1.54, 1.807) is 0 Å². The van der Waals surface area contributed by atoms with Crippen LogP contribution in [0, 0.1) is 0 Å². The molecule has 1 aliphatic heterocycles. The van der Waals surface area contributed by atoms with Gasteiger partial charge >= 0.3 is 0 Å². The van der Waals surface area contributed by atoms with Gasteiger partial charge in [-0.25, -0.2) is 4.98 Å². The van der Waals surface area contributed by atoms with Crippen LogP contribution in [0.5, 0.6) is 0 Å². The number of imidazole rings is 1. The van der Waals surface area contributed by atoms with E-state index in [9.17, 15) is 4.79 Å². The van der Waals surface area contributed by atoms with Crippen molar-refractivity contribution in [2.75, 3.05) is 6.54 Å². The molecule has 0 spiro atoms. The molecule has 1 aromatic carbocycles. The van der Waals surface area contributed by atoms with Crippen LogP contribution >= 0.6 is 0 Å². The Morgan fingerprint density at radius 1 is 1.23 bits per heavy atom. The summed E-state index contributed by atoms with van der Waals surface area (Å²) in [5.74, 6) is 1.78. The van der Waals surface area contributed by atoms with Gasteiger partial charge in [-0.2, -0.15) is 5.10 Å². The van der Waals surface area contributed by atoms with Crippen LogP contribution in [0.1, 0.15) is 49.0 Å². The number of rotatable bonds is 4. The van der Waals surface area contributed by atoms with Gasteiger partial charge in [0.1, 0.15) is 12.4 Å². The van der Waals surface area contributed by atoms with Gasteiger partial charge in [-0.1, -0.05) is 12.1 Å². The van der Waals surface area contributed by atoms with Gasteiger partial charge in [0.2, 0.25) is 5.91 Å². The van der Waals surface area contributed by atoms with E-state index in [2.05, 4.69) is 15.7 Å². The number of aromatic nitrogens is 4. The normalized spacial score (nSPS) is 20.2. The fourth-order valence-electron chi connectivity index (χ4n) is 4.16. The molecule has 134 valence electrons. The van der Waals surface area contributed by atoms with Gasteiger partial charge < -0.3 is 9.47 Å². The smallest absolute Gasteiger partial charge is 0.243 e. The van der Waals surface area contributed by atoms with Crippen LogP contribution in [0.3, 0.4) is 0 Å². The molecule has 0 radical (unpaired) electrons. The van der Waals surface area contributed by atoms with E-state index in [0.29, 0.717) is 12.5 Å². The second-order valence-electron chi connectivity index (χ2n) is 7.51. The number of benzene rings is 1. The number of hydrogen-bond acceptors (Lipinski definition) is 3. The van der Waals surface area contributed by atoms with Gasteiger partial charge in [-0.15, -0.1) is 0 Å². The first-order valence-corrected chi connectivity index (χ1v) is 9.44. The topological polar surface area (TPSA) is 56.0 Å². The maximum absolute atomic E-state index is 13.2. The molecule has 1 saturated carbocycles. The van der Waals surface area contributed by atoms with Crippen molar-refractivity contribution in [2.24, 2.45) is 7.05 Å². The highest BCUT2D eigenvalue weighted by Gasteiger charge is 2.33. The molecule has 1 saturated heterocycles. The van der Waals surface area contributed by atoms with Crippen molar-refractivity contribution in [3.05, 3.63) is 48.0 Å². The predicted molar refractivity (Wildman–Crippen MR) is 98.6 cm³/mol. The van der Waals surface area contributed by atoms with Crippen molar-refractivity contribution in [3.63, 3.8) is 0 Å². The van der Waals surface area contributed by atoms with Gasteiger partial charge in [0.15, 0.2) is 0 Å². The zero-order chi connectivity index (χ0) is 17.7. The van der Waals surface area contributed by atoms with Crippen molar-refractivity contribution >= 4 is 16.9 Å². The maximum Gasteiger partial charge on any atom is 0.243 e. The summed E-state index contributed by atoms with van der Waals surface area (Å²) >= 11 is 0. The average molecular weight is 349 g/mol. The van der Waals surface area contributed by atoms with Gasteiger partial charge in [0.05, 0.1) is 23.3 Å². The maximum atomic E-state index is 13.2. The van der Waals surface area contributed by atoms with E-state index in [0.717, 1.165) is 41.8 Å². The number of carbonyl (C=O) groups is 1. The summed E-state index contributed by atoms with van der Waals surface area (Å²) in [6.45, 7) is 1.20. The molecule has 1 unspecified atom stereocenters. The van der Waals surface area contributed by atoms with Gasteiger partial charge in [-0.05, 0) is 37.8 Å². The molecule has 26 heavy (non-hydrogen) atoms. The predicted octanol–water partition coefficient (Wildman–Crippen LogP) is 3.01. The van der Waals surface area contributed by atoms with Crippen LogP contribution < -0.4 is 0 Å². The molecule has 6 heteroatoms. The summed E-state index contributed by atoms with van der Waals surface area (Å²) < 4.78 is 3.96. The molecule has 5 rings (SSSR count). The Kier molecular flexibility index (Phi) is 3.58. The monoisotopic (exact) mass is 349 g/mol. The van der Waals surface area contributed by atoms with E-state index in [-0.39, 0.29) is 11.9 Å². The standard InChI is InChI=1S/C20H23N5O/c1-23-12-15(11-21-23)17-7-4-10-24(17)19(26)13-25-18-6-3-2-5-16(18)22-20(25)14-8-9-14/h2-3,5-6,11-12,14,17H,4,7-10,13H2,1H3. The summed E-state index contributed by atoms with van der Waals surface area (Å²) in [6, 6.07) is 8.29. The fourth-order valence-corrected chi connectivity index (χ4v) is 4.16. The Bertz CT molecular complexity index is 968. The first-order chi connectivity index (χ1) is 12.7. The third-order valence-corrected chi connectivity index (χ3v) is 5.60. The summed E-state index contributed by atoms with van der Waals surface area (Å²) in [7, 11) is 1.92. The Labute approximate surface area is 152 Å². The Balaban J connectivity index is 1.45. The van der Waals surface area contributed by atoms with Crippen LogP contribution in [0.15, 0.2) is 36.7 Å².